The van der Waals surface area contributed by atoms with Crippen molar-refractivity contribution >= 4 is 28.6 Å². The number of thioether (sulfide) groups is 1. The summed E-state index contributed by atoms with van der Waals surface area (Å²) in [7, 11) is 0. The van der Waals surface area contributed by atoms with Crippen LogP contribution in [0.2, 0.25) is 0 Å². The van der Waals surface area contributed by atoms with Crippen LogP contribution in [0.3, 0.4) is 0 Å². The lowest BCUT2D eigenvalue weighted by Crippen LogP contribution is -2.38. The molecule has 114 valence electrons. The third kappa shape index (κ3) is 3.79. The minimum atomic E-state index is -0.438. The zero-order valence-electron chi connectivity index (χ0n) is 12.9. The van der Waals surface area contributed by atoms with Gasteiger partial charge in [-0.3, -0.25) is 9.59 Å². The second-order valence-corrected chi connectivity index (χ2v) is 6.93. The molecule has 0 radical (unpaired) electrons. The van der Waals surface area contributed by atoms with Crippen LogP contribution in [0.5, 0.6) is 0 Å². The van der Waals surface area contributed by atoms with Crippen LogP contribution in [0, 0.1) is 0 Å². The van der Waals surface area contributed by atoms with Gasteiger partial charge in [-0.05, 0) is 29.0 Å². The summed E-state index contributed by atoms with van der Waals surface area (Å²) in [4.78, 5) is 23.4. The van der Waals surface area contributed by atoms with Gasteiger partial charge >= 0.3 is 0 Å². The Morgan fingerprint density at radius 2 is 2.00 bits per heavy atom. The molecule has 5 heteroatoms. The summed E-state index contributed by atoms with van der Waals surface area (Å²) in [5.41, 5.74) is 3.23. The van der Waals surface area contributed by atoms with Crippen LogP contribution in [0.1, 0.15) is 50.7 Å². The summed E-state index contributed by atoms with van der Waals surface area (Å²) in [6.07, 6.45) is 0. The van der Waals surface area contributed by atoms with Crippen molar-refractivity contribution < 1.29 is 9.59 Å². The standard InChI is InChI=1S/C16H22N2O2S/c1-9(2)11-5-6-13(12(7-11)10(3)4)17-15(19)14-8-21-16(20)18-14/h5-7,9-10,14H,8H2,1-4H3,(H,17,19)(H,18,20). The topological polar surface area (TPSA) is 58.2 Å². The normalized spacial score (nSPS) is 18.2. The van der Waals surface area contributed by atoms with Crippen molar-refractivity contribution in [1.82, 2.24) is 5.32 Å². The van der Waals surface area contributed by atoms with E-state index in [0.717, 1.165) is 23.0 Å². The molecule has 0 spiro atoms. The number of rotatable bonds is 4. The van der Waals surface area contributed by atoms with Crippen LogP contribution in [-0.2, 0) is 4.79 Å². The summed E-state index contributed by atoms with van der Waals surface area (Å²) in [6.45, 7) is 8.54. The van der Waals surface area contributed by atoms with Crippen LogP contribution in [0.25, 0.3) is 0 Å². The first-order chi connectivity index (χ1) is 9.88. The molecule has 4 nitrogen and oxygen atoms in total. The van der Waals surface area contributed by atoms with Gasteiger partial charge in [0.15, 0.2) is 0 Å². The maximum absolute atomic E-state index is 12.2. The van der Waals surface area contributed by atoms with Crippen molar-refractivity contribution in [3.05, 3.63) is 29.3 Å². The van der Waals surface area contributed by atoms with Gasteiger partial charge in [-0.2, -0.15) is 0 Å². The fraction of sp³-hybridized carbons (Fsp3) is 0.500. The molecule has 1 atom stereocenters. The van der Waals surface area contributed by atoms with Crippen molar-refractivity contribution in [2.75, 3.05) is 11.1 Å². The Labute approximate surface area is 130 Å². The van der Waals surface area contributed by atoms with Crippen molar-refractivity contribution in [3.8, 4) is 0 Å². The second kappa shape index (κ2) is 6.52. The Balaban J connectivity index is 2.19. The molecule has 1 aliphatic rings. The SMILES string of the molecule is CC(C)c1ccc(NC(=O)C2CSC(=O)N2)c(C(C)C)c1. The Hall–Kier alpha value is -1.49. The number of carbonyl (C=O) groups excluding carboxylic acids is 2. The van der Waals surface area contributed by atoms with Gasteiger partial charge < -0.3 is 10.6 Å². The van der Waals surface area contributed by atoms with Crippen LogP contribution < -0.4 is 10.6 Å². The predicted molar refractivity (Wildman–Crippen MR) is 88.0 cm³/mol. The van der Waals surface area contributed by atoms with E-state index in [4.69, 9.17) is 0 Å². The van der Waals surface area contributed by atoms with Gasteiger partial charge in [-0.15, -0.1) is 0 Å². The minimum Gasteiger partial charge on any atom is -0.334 e. The molecule has 1 aliphatic heterocycles. The molecule has 1 aromatic rings. The molecule has 1 saturated heterocycles. The van der Waals surface area contributed by atoms with E-state index in [1.165, 1.54) is 5.56 Å². The van der Waals surface area contributed by atoms with Crippen molar-refractivity contribution in [1.29, 1.82) is 0 Å². The van der Waals surface area contributed by atoms with Crippen molar-refractivity contribution in [2.24, 2.45) is 0 Å². The van der Waals surface area contributed by atoms with Crippen LogP contribution in [-0.4, -0.2) is 22.9 Å². The fourth-order valence-corrected chi connectivity index (χ4v) is 3.06. The highest BCUT2D eigenvalue weighted by atomic mass is 32.2. The lowest BCUT2D eigenvalue weighted by atomic mass is 9.94. The quantitative estimate of drug-likeness (QED) is 0.892. The van der Waals surface area contributed by atoms with Crippen LogP contribution >= 0.6 is 11.8 Å². The van der Waals surface area contributed by atoms with E-state index in [2.05, 4.69) is 44.4 Å². The number of hydrogen-bond acceptors (Lipinski definition) is 3. The molecule has 21 heavy (non-hydrogen) atoms. The molecule has 0 saturated carbocycles. The Bertz CT molecular complexity index is 555. The molecule has 2 amide bonds. The Morgan fingerprint density at radius 3 is 2.52 bits per heavy atom. The van der Waals surface area contributed by atoms with E-state index < -0.39 is 6.04 Å². The highest BCUT2D eigenvalue weighted by Crippen LogP contribution is 2.28. The highest BCUT2D eigenvalue weighted by molar-refractivity contribution is 8.14. The molecule has 1 heterocycles. The molecule has 2 N–H and O–H groups in total. The molecule has 1 unspecified atom stereocenters. The van der Waals surface area contributed by atoms with E-state index in [9.17, 15) is 9.59 Å². The summed E-state index contributed by atoms with van der Waals surface area (Å²) >= 11 is 1.15. The predicted octanol–water partition coefficient (Wildman–Crippen LogP) is 3.70. The van der Waals surface area contributed by atoms with Gasteiger partial charge in [-0.1, -0.05) is 51.6 Å². The van der Waals surface area contributed by atoms with E-state index in [-0.39, 0.29) is 11.1 Å². The van der Waals surface area contributed by atoms with E-state index in [0.29, 0.717) is 17.6 Å². The summed E-state index contributed by atoms with van der Waals surface area (Å²) < 4.78 is 0. The first-order valence-electron chi connectivity index (χ1n) is 7.26. The van der Waals surface area contributed by atoms with E-state index in [1.54, 1.807) is 0 Å². The molecule has 1 fully saturated rings. The number of anilines is 1. The molecule has 0 aromatic heterocycles. The second-order valence-electron chi connectivity index (χ2n) is 5.94. The summed E-state index contributed by atoms with van der Waals surface area (Å²) in [5, 5.41) is 5.49. The molecular formula is C16H22N2O2S. The number of nitrogens with one attached hydrogen (secondary N) is 2. The Morgan fingerprint density at radius 1 is 1.29 bits per heavy atom. The van der Waals surface area contributed by atoms with Gasteiger partial charge in [0.25, 0.3) is 5.24 Å². The number of hydrogen-bond donors (Lipinski definition) is 2. The van der Waals surface area contributed by atoms with Gasteiger partial charge in [0.1, 0.15) is 6.04 Å². The lowest BCUT2D eigenvalue weighted by molar-refractivity contribution is -0.117. The van der Waals surface area contributed by atoms with Crippen LogP contribution in [0.15, 0.2) is 18.2 Å². The van der Waals surface area contributed by atoms with Gasteiger partial charge in [0.2, 0.25) is 5.91 Å². The minimum absolute atomic E-state index is 0.130. The lowest BCUT2D eigenvalue weighted by Gasteiger charge is -2.18. The van der Waals surface area contributed by atoms with Gasteiger partial charge in [0.05, 0.1) is 0 Å². The first kappa shape index (κ1) is 15.9. The van der Waals surface area contributed by atoms with Crippen molar-refractivity contribution in [2.45, 2.75) is 45.6 Å². The number of carbonyl (C=O) groups is 2. The highest BCUT2D eigenvalue weighted by Gasteiger charge is 2.28. The van der Waals surface area contributed by atoms with Crippen molar-refractivity contribution in [3.63, 3.8) is 0 Å². The number of amides is 2. The fourth-order valence-electron chi connectivity index (χ4n) is 2.28. The smallest absolute Gasteiger partial charge is 0.279 e. The maximum atomic E-state index is 12.2. The molecule has 0 bridgehead atoms. The van der Waals surface area contributed by atoms with Gasteiger partial charge in [0, 0.05) is 11.4 Å². The number of benzene rings is 1. The Kier molecular flexibility index (Phi) is 4.93. The largest absolute Gasteiger partial charge is 0.334 e. The molecule has 0 aliphatic carbocycles. The summed E-state index contributed by atoms with van der Waals surface area (Å²) in [5.74, 6) is 1.13. The van der Waals surface area contributed by atoms with E-state index >= 15 is 0 Å². The molecule has 2 rings (SSSR count). The summed E-state index contributed by atoms with van der Waals surface area (Å²) in [6, 6.07) is 5.74. The third-order valence-electron chi connectivity index (χ3n) is 3.61. The monoisotopic (exact) mass is 306 g/mol. The average Bonchev–Trinajstić information content (AvgIpc) is 2.85. The zero-order valence-corrected chi connectivity index (χ0v) is 13.7. The third-order valence-corrected chi connectivity index (χ3v) is 4.49. The average molecular weight is 306 g/mol. The van der Waals surface area contributed by atoms with E-state index in [1.807, 2.05) is 12.1 Å². The van der Waals surface area contributed by atoms with Gasteiger partial charge in [-0.25, -0.2) is 0 Å². The first-order valence-corrected chi connectivity index (χ1v) is 8.25. The maximum Gasteiger partial charge on any atom is 0.279 e. The zero-order chi connectivity index (χ0) is 15.6. The molecule has 1 aromatic carbocycles. The van der Waals surface area contributed by atoms with Crippen LogP contribution in [0.4, 0.5) is 10.5 Å². The molecular weight excluding hydrogens is 284 g/mol.